The Hall–Kier alpha value is -1.80. The molecule has 0 saturated carbocycles. The molecule has 0 unspecified atom stereocenters. The van der Waals surface area contributed by atoms with Gasteiger partial charge in [0.15, 0.2) is 0 Å². The summed E-state index contributed by atoms with van der Waals surface area (Å²) in [5, 5.41) is 1.68. The highest BCUT2D eigenvalue weighted by atomic mass is 16.5. The van der Waals surface area contributed by atoms with Crippen LogP contribution in [0.15, 0.2) is 0 Å². The molecule has 6 aliphatic heterocycles. The lowest BCUT2D eigenvalue weighted by Crippen LogP contribution is -2.52. The van der Waals surface area contributed by atoms with Gasteiger partial charge < -0.3 is 9.47 Å². The first-order valence-electron chi connectivity index (χ1n) is 8.64. The summed E-state index contributed by atoms with van der Waals surface area (Å²) in [7, 11) is 0. The van der Waals surface area contributed by atoms with Crippen LogP contribution in [0.1, 0.15) is 25.7 Å². The number of fused-ring (bicyclic) bond motifs is 10. The largest absolute Gasteiger partial charge is 0.373 e. The van der Waals surface area contributed by atoms with Gasteiger partial charge in [-0.3, -0.25) is 19.2 Å². The van der Waals surface area contributed by atoms with Crippen molar-refractivity contribution in [2.24, 2.45) is 23.7 Å². The second kappa shape index (κ2) is 4.05. The van der Waals surface area contributed by atoms with E-state index in [2.05, 4.69) is 0 Å². The van der Waals surface area contributed by atoms with E-state index in [0.717, 1.165) is 35.7 Å². The van der Waals surface area contributed by atoms with Crippen LogP contribution in [-0.2, 0) is 28.7 Å². The lowest BCUT2D eigenvalue weighted by atomic mass is 9.81. The van der Waals surface area contributed by atoms with Crippen LogP contribution in [0.25, 0.3) is 0 Å². The van der Waals surface area contributed by atoms with Gasteiger partial charge in [-0.15, -0.1) is 0 Å². The fourth-order valence-electron chi connectivity index (χ4n) is 5.79. The number of imide groups is 2. The van der Waals surface area contributed by atoms with E-state index < -0.39 is 47.3 Å². The zero-order chi connectivity index (χ0) is 16.3. The maximum absolute atomic E-state index is 12.8. The van der Waals surface area contributed by atoms with E-state index in [1.807, 2.05) is 0 Å². The van der Waals surface area contributed by atoms with E-state index in [0.29, 0.717) is 0 Å². The summed E-state index contributed by atoms with van der Waals surface area (Å²) in [6, 6.07) is 0. The summed E-state index contributed by atoms with van der Waals surface area (Å²) < 4.78 is 11.4. The van der Waals surface area contributed by atoms with Crippen LogP contribution in [0, 0.1) is 23.7 Å². The summed E-state index contributed by atoms with van der Waals surface area (Å²) in [5.41, 5.74) is 0. The third kappa shape index (κ3) is 1.28. The van der Waals surface area contributed by atoms with Crippen LogP contribution < -0.4 is 0 Å². The molecule has 6 aliphatic rings. The quantitative estimate of drug-likeness (QED) is 0.585. The number of nitrogens with zero attached hydrogens (tertiary/aromatic N) is 2. The number of hydrogen-bond donors (Lipinski definition) is 0. The van der Waals surface area contributed by atoms with Gasteiger partial charge in [-0.1, -0.05) is 0 Å². The van der Waals surface area contributed by atoms with E-state index in [1.165, 1.54) is 0 Å². The Labute approximate surface area is 137 Å². The summed E-state index contributed by atoms with van der Waals surface area (Å²) in [5.74, 6) is -3.95. The highest BCUT2D eigenvalue weighted by Gasteiger charge is 2.69. The number of rotatable bonds is 1. The van der Waals surface area contributed by atoms with Crippen LogP contribution in [-0.4, -0.2) is 58.1 Å². The predicted octanol–water partition coefficient (Wildman–Crippen LogP) is -0.774. The number of carbonyl (C=O) groups excluding carboxylic acids is 4. The lowest BCUT2D eigenvalue weighted by Gasteiger charge is -2.26. The Morgan fingerprint density at radius 3 is 1.04 bits per heavy atom. The zero-order valence-corrected chi connectivity index (χ0v) is 12.8. The van der Waals surface area contributed by atoms with Crippen molar-refractivity contribution in [2.75, 3.05) is 0 Å². The van der Waals surface area contributed by atoms with Gasteiger partial charge in [-0.05, 0) is 25.7 Å². The van der Waals surface area contributed by atoms with Gasteiger partial charge in [-0.25, -0.2) is 0 Å². The summed E-state index contributed by atoms with van der Waals surface area (Å²) in [6.45, 7) is 0. The van der Waals surface area contributed by atoms with Crippen LogP contribution in [0.2, 0.25) is 0 Å². The summed E-state index contributed by atoms with van der Waals surface area (Å²) >= 11 is 0. The van der Waals surface area contributed by atoms with E-state index in [9.17, 15) is 19.2 Å². The average Bonchev–Trinajstić information content (AvgIpc) is 3.36. The molecule has 0 radical (unpaired) electrons. The molecule has 0 spiro atoms. The number of amides is 4. The van der Waals surface area contributed by atoms with Crippen LogP contribution in [0.5, 0.6) is 0 Å². The first-order chi connectivity index (χ1) is 11.6. The molecule has 8 atom stereocenters. The average molecular weight is 332 g/mol. The van der Waals surface area contributed by atoms with E-state index in [4.69, 9.17) is 9.47 Å². The Bertz CT molecular complexity index is 605. The van der Waals surface area contributed by atoms with Crippen molar-refractivity contribution >= 4 is 23.6 Å². The van der Waals surface area contributed by atoms with Gasteiger partial charge in [0.05, 0.1) is 48.1 Å². The standard InChI is InChI=1S/C16H16N2O6/c19-13-9-5-1-2-6(23-5)10(9)14(20)17(13)18-15(21)11-7-3-4-8(24-7)12(11)16(18)22/h5-12H,1-4H2/t5-,6-,7+,8+,9-,10+,11-,12+. The number of carbonyl (C=O) groups is 4. The van der Waals surface area contributed by atoms with Crippen LogP contribution in [0.4, 0.5) is 0 Å². The molecule has 6 fully saturated rings. The SMILES string of the molecule is O=C1[C@@H]2[C@H](C(=O)N1N1C(=O)[C@@H]3[C@H](C1=O)[C@H]1CC[C@H]3O1)[C@@H]1CC[C@@H]2O1. The van der Waals surface area contributed by atoms with Crippen molar-refractivity contribution in [1.82, 2.24) is 10.0 Å². The number of ether oxygens (including phenoxy) is 2. The maximum atomic E-state index is 12.8. The molecule has 6 saturated heterocycles. The van der Waals surface area contributed by atoms with Crippen LogP contribution in [0.3, 0.4) is 0 Å². The van der Waals surface area contributed by atoms with Crippen molar-refractivity contribution in [1.29, 1.82) is 0 Å². The molecule has 4 amide bonds. The summed E-state index contributed by atoms with van der Waals surface area (Å²) in [4.78, 5) is 51.2. The normalized spacial score (nSPS) is 51.3. The monoisotopic (exact) mass is 332 g/mol. The second-order valence-corrected chi connectivity index (χ2v) is 7.66. The molecule has 126 valence electrons. The highest BCUT2D eigenvalue weighted by Crippen LogP contribution is 2.52. The first kappa shape index (κ1) is 13.5. The third-order valence-electron chi connectivity index (χ3n) is 6.72. The smallest absolute Gasteiger partial charge is 0.255 e. The minimum absolute atomic E-state index is 0.256. The highest BCUT2D eigenvalue weighted by molar-refractivity contribution is 6.14. The molecule has 8 heteroatoms. The third-order valence-corrected chi connectivity index (χ3v) is 6.72. The molecule has 24 heavy (non-hydrogen) atoms. The zero-order valence-electron chi connectivity index (χ0n) is 12.8. The van der Waals surface area contributed by atoms with Crippen molar-refractivity contribution in [2.45, 2.75) is 50.1 Å². The van der Waals surface area contributed by atoms with Gasteiger partial charge in [-0.2, -0.15) is 10.0 Å². The molecule has 8 nitrogen and oxygen atoms in total. The number of hydrazine groups is 1. The molecule has 6 heterocycles. The molecule has 4 bridgehead atoms. The maximum Gasteiger partial charge on any atom is 0.255 e. The fraction of sp³-hybridized carbons (Fsp3) is 0.750. The van der Waals surface area contributed by atoms with Crippen molar-refractivity contribution in [3.05, 3.63) is 0 Å². The minimum atomic E-state index is -0.537. The molecular formula is C16H16N2O6. The van der Waals surface area contributed by atoms with Gasteiger partial charge in [0.2, 0.25) is 0 Å². The molecule has 0 aliphatic carbocycles. The van der Waals surface area contributed by atoms with Crippen molar-refractivity contribution in [3.8, 4) is 0 Å². The van der Waals surface area contributed by atoms with E-state index >= 15 is 0 Å². The van der Waals surface area contributed by atoms with Gasteiger partial charge in [0, 0.05) is 0 Å². The number of hydrogen-bond acceptors (Lipinski definition) is 6. The second-order valence-electron chi connectivity index (χ2n) is 7.66. The molecule has 0 aromatic carbocycles. The lowest BCUT2D eigenvalue weighted by molar-refractivity contribution is -0.176. The Morgan fingerprint density at radius 1 is 0.542 bits per heavy atom. The molecular weight excluding hydrogens is 316 g/mol. The minimum Gasteiger partial charge on any atom is -0.373 e. The fourth-order valence-corrected chi connectivity index (χ4v) is 5.79. The van der Waals surface area contributed by atoms with Crippen molar-refractivity contribution < 1.29 is 28.7 Å². The Morgan fingerprint density at radius 2 is 0.792 bits per heavy atom. The Balaban J connectivity index is 1.38. The van der Waals surface area contributed by atoms with Crippen LogP contribution >= 0.6 is 0 Å². The van der Waals surface area contributed by atoms with Gasteiger partial charge in [0.1, 0.15) is 0 Å². The van der Waals surface area contributed by atoms with Gasteiger partial charge in [0.25, 0.3) is 23.6 Å². The molecule has 0 aromatic heterocycles. The summed E-state index contributed by atoms with van der Waals surface area (Å²) in [6.07, 6.45) is 1.99. The van der Waals surface area contributed by atoms with E-state index in [1.54, 1.807) is 0 Å². The predicted molar refractivity (Wildman–Crippen MR) is 73.5 cm³/mol. The molecule has 0 N–H and O–H groups in total. The first-order valence-corrected chi connectivity index (χ1v) is 8.64. The topological polar surface area (TPSA) is 93.2 Å². The van der Waals surface area contributed by atoms with Gasteiger partial charge >= 0.3 is 0 Å². The van der Waals surface area contributed by atoms with Crippen molar-refractivity contribution in [3.63, 3.8) is 0 Å². The molecule has 0 aromatic rings. The Kier molecular flexibility index (Phi) is 2.28. The molecule has 6 rings (SSSR count). The van der Waals surface area contributed by atoms with E-state index in [-0.39, 0.29) is 24.4 Å².